The van der Waals surface area contributed by atoms with Gasteiger partial charge in [0.25, 0.3) is 0 Å². The first-order chi connectivity index (χ1) is 10.2. The smallest absolute Gasteiger partial charge is 0.332 e. The van der Waals surface area contributed by atoms with Gasteiger partial charge in [0, 0.05) is 19.5 Å². The summed E-state index contributed by atoms with van der Waals surface area (Å²) < 4.78 is 0. The van der Waals surface area contributed by atoms with Gasteiger partial charge in [-0.3, -0.25) is 4.79 Å². The molecule has 5 nitrogen and oxygen atoms in total. The lowest BCUT2D eigenvalue weighted by Gasteiger charge is -2.04. The van der Waals surface area contributed by atoms with Crippen molar-refractivity contribution in [2.45, 2.75) is 77.6 Å². The van der Waals surface area contributed by atoms with E-state index in [-0.39, 0.29) is 12.2 Å². The van der Waals surface area contributed by atoms with Gasteiger partial charge in [0.2, 0.25) is 0 Å². The second kappa shape index (κ2) is 15.4. The van der Waals surface area contributed by atoms with Crippen molar-refractivity contribution in [2.24, 2.45) is 5.73 Å². The van der Waals surface area contributed by atoms with E-state index in [1.807, 2.05) is 0 Å². The van der Waals surface area contributed by atoms with Gasteiger partial charge in [-0.25, -0.2) is 4.79 Å². The number of hydrogen-bond acceptors (Lipinski definition) is 5. The van der Waals surface area contributed by atoms with E-state index in [0.29, 0.717) is 19.5 Å². The van der Waals surface area contributed by atoms with E-state index in [4.69, 9.17) is 5.73 Å². The molecule has 0 spiro atoms. The van der Waals surface area contributed by atoms with E-state index in [2.05, 4.69) is 17.2 Å². The number of carbonyl (C=O) groups is 2. The maximum atomic E-state index is 11.5. The predicted molar refractivity (Wildman–Crippen MR) is 84.6 cm³/mol. The van der Waals surface area contributed by atoms with Gasteiger partial charge in [-0.05, 0) is 6.42 Å². The highest BCUT2D eigenvalue weighted by Gasteiger charge is 2.10. The highest BCUT2D eigenvalue weighted by atomic mass is 16.7. The molecule has 0 aromatic heterocycles. The lowest BCUT2D eigenvalue weighted by Crippen LogP contribution is -2.26. The van der Waals surface area contributed by atoms with Crippen LogP contribution in [0.2, 0.25) is 0 Å². The Kier molecular flexibility index (Phi) is 14.8. The number of Topliss-reactive ketones (excluding diaryl/α,β-unsaturated/α-hetero) is 1. The fourth-order valence-electron chi connectivity index (χ4n) is 2.11. The first kappa shape index (κ1) is 20.1. The molecule has 0 bridgehead atoms. The van der Waals surface area contributed by atoms with E-state index in [1.165, 1.54) is 44.9 Å². The minimum Gasteiger partial charge on any atom is -0.370 e. The Labute approximate surface area is 128 Å². The molecule has 0 rings (SSSR count). The Morgan fingerprint density at radius 2 is 1.52 bits per heavy atom. The number of hydrogen-bond donors (Lipinski definition) is 2. The lowest BCUT2D eigenvalue weighted by atomic mass is 10.0. The Hall–Kier alpha value is -0.940. The van der Waals surface area contributed by atoms with E-state index < -0.39 is 5.97 Å². The number of nitrogens with two attached hydrogens (primary N) is 1. The Bertz CT molecular complexity index is 270. The number of hydroxylamine groups is 1. The Balaban J connectivity index is 3.31. The fourth-order valence-corrected chi connectivity index (χ4v) is 2.11. The summed E-state index contributed by atoms with van der Waals surface area (Å²) in [6.45, 7) is 3.01. The summed E-state index contributed by atoms with van der Waals surface area (Å²) in [4.78, 5) is 27.4. The molecule has 0 aliphatic heterocycles. The second-order valence-electron chi connectivity index (χ2n) is 5.45. The maximum absolute atomic E-state index is 11.5. The van der Waals surface area contributed by atoms with Gasteiger partial charge in [0.1, 0.15) is 12.2 Å². The average molecular weight is 300 g/mol. The van der Waals surface area contributed by atoms with Gasteiger partial charge in [0.05, 0.1) is 0 Å². The summed E-state index contributed by atoms with van der Waals surface area (Å²) >= 11 is 0. The van der Waals surface area contributed by atoms with Crippen molar-refractivity contribution in [3.8, 4) is 0 Å². The van der Waals surface area contributed by atoms with Gasteiger partial charge in [-0.2, -0.15) is 5.48 Å². The molecule has 0 atom stereocenters. The normalized spacial score (nSPS) is 10.6. The topological polar surface area (TPSA) is 81.4 Å². The maximum Gasteiger partial charge on any atom is 0.332 e. The number of unbranched alkanes of at least 4 members (excludes halogenated alkanes) is 8. The molecule has 0 heterocycles. The summed E-state index contributed by atoms with van der Waals surface area (Å²) in [6, 6.07) is 0. The summed E-state index contributed by atoms with van der Waals surface area (Å²) in [5, 5.41) is 0. The molecule has 0 aliphatic carbocycles. The van der Waals surface area contributed by atoms with Crippen molar-refractivity contribution in [2.75, 3.05) is 13.1 Å². The molecule has 0 unspecified atom stereocenters. The van der Waals surface area contributed by atoms with Crippen molar-refractivity contribution >= 4 is 11.8 Å². The zero-order valence-electron chi connectivity index (χ0n) is 13.5. The van der Waals surface area contributed by atoms with Crippen LogP contribution >= 0.6 is 0 Å². The molecule has 0 amide bonds. The highest BCUT2D eigenvalue weighted by Crippen LogP contribution is 2.11. The second-order valence-corrected chi connectivity index (χ2v) is 5.45. The van der Waals surface area contributed by atoms with Crippen LogP contribution in [0.25, 0.3) is 0 Å². The zero-order chi connectivity index (χ0) is 15.8. The molecule has 0 aliphatic rings. The average Bonchev–Trinajstić information content (AvgIpc) is 2.45. The molecular weight excluding hydrogens is 268 g/mol. The molecule has 0 saturated heterocycles. The van der Waals surface area contributed by atoms with Gasteiger partial charge >= 0.3 is 5.97 Å². The van der Waals surface area contributed by atoms with Crippen LogP contribution in [0.3, 0.4) is 0 Å². The van der Waals surface area contributed by atoms with Gasteiger partial charge in [-0.15, -0.1) is 0 Å². The number of nitrogens with one attached hydrogen (secondary N) is 1. The van der Waals surface area contributed by atoms with E-state index in [9.17, 15) is 9.59 Å². The van der Waals surface area contributed by atoms with E-state index in [1.54, 1.807) is 0 Å². The van der Waals surface area contributed by atoms with Crippen LogP contribution in [0.4, 0.5) is 0 Å². The Morgan fingerprint density at radius 1 is 0.952 bits per heavy atom. The van der Waals surface area contributed by atoms with Crippen LogP contribution in [-0.2, 0) is 14.4 Å². The predicted octanol–water partition coefficient (Wildman–Crippen LogP) is 2.87. The molecule has 3 N–H and O–H groups in total. The van der Waals surface area contributed by atoms with Crippen LogP contribution in [-0.4, -0.2) is 24.8 Å². The third-order valence-corrected chi connectivity index (χ3v) is 3.33. The summed E-state index contributed by atoms with van der Waals surface area (Å²) in [7, 11) is 0. The van der Waals surface area contributed by atoms with Crippen LogP contribution in [0, 0.1) is 0 Å². The molecule has 21 heavy (non-hydrogen) atoms. The van der Waals surface area contributed by atoms with Crippen LogP contribution in [0.5, 0.6) is 0 Å². The molecule has 0 aromatic rings. The summed E-state index contributed by atoms with van der Waals surface area (Å²) in [5.41, 5.74) is 7.65. The summed E-state index contributed by atoms with van der Waals surface area (Å²) in [6.07, 6.45) is 11.3. The van der Waals surface area contributed by atoms with Gasteiger partial charge in [-0.1, -0.05) is 58.3 Å². The first-order valence-corrected chi connectivity index (χ1v) is 8.35. The van der Waals surface area contributed by atoms with Crippen molar-refractivity contribution < 1.29 is 14.4 Å². The molecule has 0 radical (unpaired) electrons. The van der Waals surface area contributed by atoms with E-state index >= 15 is 0 Å². The quantitative estimate of drug-likeness (QED) is 0.276. The minimum absolute atomic E-state index is 0.0440. The summed E-state index contributed by atoms with van der Waals surface area (Å²) in [5.74, 6) is -0.568. The van der Waals surface area contributed by atoms with Crippen LogP contribution < -0.4 is 11.2 Å². The van der Waals surface area contributed by atoms with Crippen LogP contribution in [0.1, 0.15) is 77.6 Å². The van der Waals surface area contributed by atoms with Crippen molar-refractivity contribution in [1.82, 2.24) is 5.48 Å². The zero-order valence-corrected chi connectivity index (χ0v) is 13.5. The molecule has 0 fully saturated rings. The molecular formula is C16H32N2O3. The lowest BCUT2D eigenvalue weighted by molar-refractivity contribution is -0.152. The van der Waals surface area contributed by atoms with Crippen molar-refractivity contribution in [1.29, 1.82) is 0 Å². The number of ketones is 1. The SMILES string of the molecule is CCCCCCCCCCCC(=O)CC(=O)ONCCN. The van der Waals surface area contributed by atoms with Gasteiger partial charge < -0.3 is 10.6 Å². The van der Waals surface area contributed by atoms with Gasteiger partial charge in [0.15, 0.2) is 0 Å². The fraction of sp³-hybridized carbons (Fsp3) is 0.875. The highest BCUT2D eigenvalue weighted by molar-refractivity contribution is 5.95. The van der Waals surface area contributed by atoms with Crippen molar-refractivity contribution in [3.05, 3.63) is 0 Å². The van der Waals surface area contributed by atoms with E-state index in [0.717, 1.165) is 12.8 Å². The molecule has 0 aromatic carbocycles. The third-order valence-electron chi connectivity index (χ3n) is 3.33. The first-order valence-electron chi connectivity index (χ1n) is 8.35. The minimum atomic E-state index is -0.524. The Morgan fingerprint density at radius 3 is 2.10 bits per heavy atom. The number of rotatable bonds is 15. The standard InChI is InChI=1S/C16H32N2O3/c1-2-3-4-5-6-7-8-9-10-11-15(19)14-16(20)21-18-13-12-17/h18H,2-14,17H2,1H3. The molecule has 0 saturated carbocycles. The van der Waals surface area contributed by atoms with Crippen LogP contribution in [0.15, 0.2) is 0 Å². The van der Waals surface area contributed by atoms with Crippen molar-refractivity contribution in [3.63, 3.8) is 0 Å². The molecule has 124 valence electrons. The monoisotopic (exact) mass is 300 g/mol. The largest absolute Gasteiger partial charge is 0.370 e. The molecule has 5 heteroatoms. The number of carbonyl (C=O) groups excluding carboxylic acids is 2. The third kappa shape index (κ3) is 15.3.